The van der Waals surface area contributed by atoms with Crippen molar-refractivity contribution in [3.63, 3.8) is 0 Å². The number of nitrogens with one attached hydrogen (secondary N) is 2. The zero-order valence-electron chi connectivity index (χ0n) is 17.5. The van der Waals surface area contributed by atoms with Crippen molar-refractivity contribution in [1.29, 1.82) is 0 Å². The summed E-state index contributed by atoms with van der Waals surface area (Å²) in [6, 6.07) is 11.2. The van der Waals surface area contributed by atoms with E-state index in [2.05, 4.69) is 10.6 Å². The maximum Gasteiger partial charge on any atom is 0.308 e. The zero-order valence-corrected chi connectivity index (χ0v) is 17.5. The van der Waals surface area contributed by atoms with Crippen LogP contribution in [-0.2, 0) is 14.3 Å². The molecule has 0 aliphatic carbocycles. The molecule has 0 heterocycles. The van der Waals surface area contributed by atoms with Crippen molar-refractivity contribution in [3.8, 4) is 0 Å². The number of carbonyl (C=O) groups excluding carboxylic acids is 3. The van der Waals surface area contributed by atoms with Gasteiger partial charge in [-0.25, -0.2) is 8.78 Å². The van der Waals surface area contributed by atoms with Gasteiger partial charge in [0.05, 0.1) is 24.1 Å². The third-order valence-corrected chi connectivity index (χ3v) is 4.32. The summed E-state index contributed by atoms with van der Waals surface area (Å²) < 4.78 is 31.7. The number of carbonyl (C=O) groups is 3. The molecule has 2 aromatic rings. The average molecular weight is 432 g/mol. The Morgan fingerprint density at radius 2 is 1.74 bits per heavy atom. The summed E-state index contributed by atoms with van der Waals surface area (Å²) in [5, 5.41) is 5.32. The van der Waals surface area contributed by atoms with Gasteiger partial charge in [0.15, 0.2) is 0 Å². The van der Waals surface area contributed by atoms with Gasteiger partial charge in [0, 0.05) is 19.0 Å². The van der Waals surface area contributed by atoms with Crippen molar-refractivity contribution in [2.45, 2.75) is 45.3 Å². The summed E-state index contributed by atoms with van der Waals surface area (Å²) in [6.07, 6.45) is 0.135. The minimum absolute atomic E-state index is 0.00544. The fourth-order valence-electron chi connectivity index (χ4n) is 2.90. The van der Waals surface area contributed by atoms with Crippen LogP contribution in [0.5, 0.6) is 0 Å². The molecule has 0 spiro atoms. The fraction of sp³-hybridized carbons (Fsp3) is 0.348. The number of hydrogen-bond acceptors (Lipinski definition) is 4. The van der Waals surface area contributed by atoms with Gasteiger partial charge in [0.1, 0.15) is 11.6 Å². The predicted octanol–water partition coefficient (Wildman–Crippen LogP) is 3.67. The summed E-state index contributed by atoms with van der Waals surface area (Å²) in [5.41, 5.74) is 0.510. The molecule has 2 amide bonds. The Balaban J connectivity index is 1.85. The molecule has 0 aliphatic heterocycles. The molecule has 0 aromatic heterocycles. The van der Waals surface area contributed by atoms with E-state index in [1.54, 1.807) is 13.8 Å². The van der Waals surface area contributed by atoms with Crippen LogP contribution in [0.4, 0.5) is 8.78 Å². The van der Waals surface area contributed by atoms with Crippen LogP contribution in [0, 0.1) is 11.6 Å². The predicted molar refractivity (Wildman–Crippen MR) is 111 cm³/mol. The van der Waals surface area contributed by atoms with Gasteiger partial charge >= 0.3 is 5.97 Å². The Kier molecular flexibility index (Phi) is 9.12. The molecule has 0 radical (unpaired) electrons. The Hall–Kier alpha value is -3.29. The maximum absolute atomic E-state index is 13.6. The highest BCUT2D eigenvalue weighted by molar-refractivity contribution is 5.94. The van der Waals surface area contributed by atoms with E-state index in [0.29, 0.717) is 12.5 Å². The lowest BCUT2D eigenvalue weighted by atomic mass is 10.0. The monoisotopic (exact) mass is 432 g/mol. The van der Waals surface area contributed by atoms with Gasteiger partial charge in [-0.2, -0.15) is 0 Å². The van der Waals surface area contributed by atoms with Gasteiger partial charge < -0.3 is 15.4 Å². The third kappa shape index (κ3) is 8.16. The van der Waals surface area contributed by atoms with Crippen LogP contribution in [0.15, 0.2) is 48.5 Å². The second kappa shape index (κ2) is 11.8. The fourth-order valence-corrected chi connectivity index (χ4v) is 2.90. The standard InChI is InChI=1S/C23H26F2N2O4/c1-15(2)31-22(29)14-20(16-7-4-3-5-8-16)27-21(28)9-6-12-26-23(30)18-11-10-17(24)13-19(18)25/h3-5,7-8,10-11,13,15,20H,6,9,12,14H2,1-2H3,(H,26,30)(H,27,28). The highest BCUT2D eigenvalue weighted by atomic mass is 19.1. The highest BCUT2D eigenvalue weighted by Gasteiger charge is 2.20. The van der Waals surface area contributed by atoms with Gasteiger partial charge in [-0.15, -0.1) is 0 Å². The third-order valence-electron chi connectivity index (χ3n) is 4.32. The van der Waals surface area contributed by atoms with Crippen molar-refractivity contribution in [3.05, 3.63) is 71.3 Å². The minimum atomic E-state index is -0.950. The molecule has 31 heavy (non-hydrogen) atoms. The van der Waals surface area contributed by atoms with Crippen molar-refractivity contribution < 1.29 is 27.9 Å². The SMILES string of the molecule is CC(C)OC(=O)CC(NC(=O)CCCNC(=O)c1ccc(F)cc1F)c1ccccc1. The lowest BCUT2D eigenvalue weighted by molar-refractivity contribution is -0.148. The van der Waals surface area contributed by atoms with Gasteiger partial charge in [-0.1, -0.05) is 30.3 Å². The summed E-state index contributed by atoms with van der Waals surface area (Å²) in [5.74, 6) is -3.12. The number of ether oxygens (including phenoxy) is 1. The van der Waals surface area contributed by atoms with Crippen LogP contribution >= 0.6 is 0 Å². The van der Waals surface area contributed by atoms with E-state index in [4.69, 9.17) is 4.74 Å². The second-order valence-corrected chi connectivity index (χ2v) is 7.26. The molecule has 0 saturated heterocycles. The lowest BCUT2D eigenvalue weighted by Crippen LogP contribution is -2.32. The van der Waals surface area contributed by atoms with Crippen LogP contribution in [0.25, 0.3) is 0 Å². The first-order valence-electron chi connectivity index (χ1n) is 10.0. The molecule has 8 heteroatoms. The Morgan fingerprint density at radius 1 is 1.03 bits per heavy atom. The van der Waals surface area contributed by atoms with Crippen molar-refractivity contribution in [1.82, 2.24) is 10.6 Å². The molecule has 2 N–H and O–H groups in total. The maximum atomic E-state index is 13.6. The van der Waals surface area contributed by atoms with E-state index < -0.39 is 29.6 Å². The molecule has 0 saturated carbocycles. The van der Waals surface area contributed by atoms with Crippen molar-refractivity contribution in [2.75, 3.05) is 6.54 Å². The summed E-state index contributed by atoms with van der Waals surface area (Å²) in [4.78, 5) is 36.4. The first kappa shape index (κ1) is 24.0. The largest absolute Gasteiger partial charge is 0.463 e. The molecule has 6 nitrogen and oxygen atoms in total. The molecule has 1 unspecified atom stereocenters. The van der Waals surface area contributed by atoms with Gasteiger partial charge in [-0.3, -0.25) is 14.4 Å². The van der Waals surface area contributed by atoms with E-state index in [9.17, 15) is 23.2 Å². The van der Waals surface area contributed by atoms with Crippen molar-refractivity contribution >= 4 is 17.8 Å². The molecular formula is C23H26F2N2O4. The first-order chi connectivity index (χ1) is 14.8. The van der Waals surface area contributed by atoms with Gasteiger partial charge in [0.2, 0.25) is 5.91 Å². The smallest absolute Gasteiger partial charge is 0.308 e. The molecule has 1 atom stereocenters. The first-order valence-corrected chi connectivity index (χ1v) is 10.0. The average Bonchev–Trinajstić information content (AvgIpc) is 2.70. The van der Waals surface area contributed by atoms with Gasteiger partial charge in [0.25, 0.3) is 5.91 Å². The van der Waals surface area contributed by atoms with E-state index in [1.807, 2.05) is 30.3 Å². The molecule has 2 aromatic carbocycles. The normalized spacial score (nSPS) is 11.6. The molecule has 2 rings (SSSR count). The zero-order chi connectivity index (χ0) is 22.8. The van der Waals surface area contributed by atoms with E-state index >= 15 is 0 Å². The van der Waals surface area contributed by atoms with Crippen molar-refractivity contribution in [2.24, 2.45) is 0 Å². The Bertz CT molecular complexity index is 904. The summed E-state index contributed by atoms with van der Waals surface area (Å²) in [7, 11) is 0. The minimum Gasteiger partial charge on any atom is -0.463 e. The number of rotatable bonds is 10. The van der Waals surface area contributed by atoms with Crippen LogP contribution in [-0.4, -0.2) is 30.4 Å². The van der Waals surface area contributed by atoms with Crippen LogP contribution < -0.4 is 10.6 Å². The quantitative estimate of drug-likeness (QED) is 0.443. The number of hydrogen-bond donors (Lipinski definition) is 2. The summed E-state index contributed by atoms with van der Waals surface area (Å²) in [6.45, 7) is 3.63. The van der Waals surface area contributed by atoms with Gasteiger partial charge in [-0.05, 0) is 38.0 Å². The number of amides is 2. The molecule has 0 aliphatic rings. The van der Waals surface area contributed by atoms with Crippen LogP contribution in [0.1, 0.15) is 55.1 Å². The van der Waals surface area contributed by atoms with Crippen LogP contribution in [0.3, 0.4) is 0 Å². The topological polar surface area (TPSA) is 84.5 Å². The molecular weight excluding hydrogens is 406 g/mol. The highest BCUT2D eigenvalue weighted by Crippen LogP contribution is 2.18. The molecule has 0 fully saturated rings. The van der Waals surface area contributed by atoms with E-state index in [-0.39, 0.29) is 37.0 Å². The number of halogens is 2. The lowest BCUT2D eigenvalue weighted by Gasteiger charge is -2.19. The number of esters is 1. The Morgan fingerprint density at radius 3 is 2.39 bits per heavy atom. The number of benzene rings is 2. The second-order valence-electron chi connectivity index (χ2n) is 7.26. The van der Waals surface area contributed by atoms with Crippen LogP contribution in [0.2, 0.25) is 0 Å². The molecule has 166 valence electrons. The molecule has 0 bridgehead atoms. The van der Waals surface area contributed by atoms with E-state index in [0.717, 1.165) is 17.7 Å². The summed E-state index contributed by atoms with van der Waals surface area (Å²) >= 11 is 0. The van der Waals surface area contributed by atoms with E-state index in [1.165, 1.54) is 0 Å². The Labute approximate surface area is 180 Å².